The number of hydrogen-bond donors (Lipinski definition) is 0. The molecule has 160 valence electrons. The number of rotatable bonds is 2. The van der Waals surface area contributed by atoms with Crippen LogP contribution in [0.1, 0.15) is 16.7 Å². The average molecular weight is 501 g/mol. The lowest BCUT2D eigenvalue weighted by Crippen LogP contribution is -2.50. The van der Waals surface area contributed by atoms with Crippen molar-refractivity contribution in [1.29, 1.82) is 0 Å². The third kappa shape index (κ3) is 4.08. The largest absolute Gasteiger partial charge is 0.435 e. The van der Waals surface area contributed by atoms with Crippen molar-refractivity contribution >= 4 is 15.9 Å². The fourth-order valence-electron chi connectivity index (χ4n) is 2.65. The highest BCUT2D eigenvalue weighted by atomic mass is 79.9. The molecule has 12 heteroatoms. The van der Waals surface area contributed by atoms with E-state index in [1.807, 2.05) is 0 Å². The lowest BCUT2D eigenvalue weighted by molar-refractivity contribution is -0.348. The second-order valence-electron chi connectivity index (χ2n) is 6.02. The molecular weight excluding hydrogens is 493 g/mol. The fraction of sp³-hybridized carbons (Fsp3) is 0.294. The third-order valence-electron chi connectivity index (χ3n) is 3.95. The maximum atomic E-state index is 14.7. The van der Waals surface area contributed by atoms with E-state index in [0.717, 1.165) is 13.0 Å². The zero-order valence-corrected chi connectivity index (χ0v) is 15.5. The zero-order valence-electron chi connectivity index (χ0n) is 13.9. The van der Waals surface area contributed by atoms with E-state index in [0.29, 0.717) is 0 Å². The van der Waals surface area contributed by atoms with Crippen LogP contribution in [-0.2, 0) is 11.8 Å². The first-order valence-electron chi connectivity index (χ1n) is 7.41. The van der Waals surface area contributed by atoms with Crippen LogP contribution in [0.25, 0.3) is 11.1 Å². The van der Waals surface area contributed by atoms with E-state index in [2.05, 4.69) is 15.9 Å². The smallest absolute Gasteiger partial charge is 0.218 e. The summed E-state index contributed by atoms with van der Waals surface area (Å²) in [5.41, 5.74) is -12.5. The molecular formula is C17H8BrF11. The number of hydrogen-bond acceptors (Lipinski definition) is 0. The molecule has 0 saturated carbocycles. The molecule has 0 aromatic heterocycles. The normalized spacial score (nSPS) is 13.7. The molecule has 0 N–H and O–H groups in total. The minimum atomic E-state index is -6.54. The highest BCUT2D eigenvalue weighted by Gasteiger charge is 2.74. The molecule has 2 rings (SSSR count). The molecule has 0 nitrogen and oxygen atoms in total. The summed E-state index contributed by atoms with van der Waals surface area (Å²) in [4.78, 5) is 0. The molecule has 0 heterocycles. The first-order chi connectivity index (χ1) is 12.9. The summed E-state index contributed by atoms with van der Waals surface area (Å²) in [7, 11) is 0. The maximum absolute atomic E-state index is 14.7. The highest BCUT2D eigenvalue weighted by molar-refractivity contribution is 9.10. The van der Waals surface area contributed by atoms with Crippen molar-refractivity contribution in [2.24, 2.45) is 0 Å². The molecule has 0 aliphatic rings. The number of halogens is 12. The van der Waals surface area contributed by atoms with Crippen LogP contribution in [0.3, 0.4) is 0 Å². The Balaban J connectivity index is 3.01. The van der Waals surface area contributed by atoms with Crippen LogP contribution in [-0.4, -0.2) is 12.4 Å². The lowest BCUT2D eigenvalue weighted by atomic mass is 9.85. The third-order valence-corrected chi connectivity index (χ3v) is 4.58. The van der Waals surface area contributed by atoms with Gasteiger partial charge in [-0.25, -0.2) is 8.78 Å². The van der Waals surface area contributed by atoms with Crippen LogP contribution in [0.15, 0.2) is 34.8 Å². The molecule has 0 aliphatic carbocycles. The fourth-order valence-corrected chi connectivity index (χ4v) is 3.44. The van der Waals surface area contributed by atoms with E-state index in [1.165, 1.54) is 0 Å². The van der Waals surface area contributed by atoms with Crippen molar-refractivity contribution in [1.82, 2.24) is 0 Å². The standard InChI is InChI=1S/C17H8BrF11/c1-7-4-10(14(20,16(24,25)26)17(27,28)29)13(11(18)5-7)9-6-8(15(21,22)23)2-3-12(9)19/h2-6H,1H3. The molecule has 0 unspecified atom stereocenters. The Morgan fingerprint density at radius 2 is 1.28 bits per heavy atom. The van der Waals surface area contributed by atoms with Gasteiger partial charge in [-0.15, -0.1) is 0 Å². The van der Waals surface area contributed by atoms with Gasteiger partial charge in [0, 0.05) is 21.2 Å². The Bertz CT molecular complexity index is 909. The van der Waals surface area contributed by atoms with E-state index >= 15 is 0 Å². The van der Waals surface area contributed by atoms with Gasteiger partial charge in [-0.05, 0) is 36.8 Å². The molecule has 0 radical (unpaired) electrons. The monoisotopic (exact) mass is 500 g/mol. The van der Waals surface area contributed by atoms with Crippen LogP contribution in [0, 0.1) is 12.7 Å². The molecule has 0 atom stereocenters. The summed E-state index contributed by atoms with van der Waals surface area (Å²) in [6.07, 6.45) is -18.2. The van der Waals surface area contributed by atoms with E-state index in [9.17, 15) is 48.3 Å². The topological polar surface area (TPSA) is 0 Å². The number of benzene rings is 2. The molecule has 2 aromatic carbocycles. The van der Waals surface area contributed by atoms with Gasteiger partial charge in [0.2, 0.25) is 0 Å². The second-order valence-corrected chi connectivity index (χ2v) is 6.87. The summed E-state index contributed by atoms with van der Waals surface area (Å²) in [6, 6.07) is 1.57. The van der Waals surface area contributed by atoms with Crippen molar-refractivity contribution < 1.29 is 48.3 Å². The van der Waals surface area contributed by atoms with Gasteiger partial charge in [0.15, 0.2) is 0 Å². The minimum absolute atomic E-state index is 0.0153. The zero-order chi connectivity index (χ0) is 22.6. The Labute approximate surface area is 164 Å². The minimum Gasteiger partial charge on any atom is -0.218 e. The number of aryl methyl sites for hydroxylation is 1. The molecule has 0 aliphatic heterocycles. The van der Waals surface area contributed by atoms with Gasteiger partial charge >= 0.3 is 24.2 Å². The first-order valence-corrected chi connectivity index (χ1v) is 8.20. The summed E-state index contributed by atoms with van der Waals surface area (Å²) in [5, 5.41) is 0. The van der Waals surface area contributed by atoms with E-state index in [4.69, 9.17) is 0 Å². The lowest BCUT2D eigenvalue weighted by Gasteiger charge is -2.32. The van der Waals surface area contributed by atoms with Gasteiger partial charge in [-0.3, -0.25) is 0 Å². The molecule has 0 spiro atoms. The van der Waals surface area contributed by atoms with E-state index < -0.39 is 56.7 Å². The molecule has 0 saturated heterocycles. The second kappa shape index (κ2) is 7.13. The molecule has 0 bridgehead atoms. The van der Waals surface area contributed by atoms with Crippen molar-refractivity contribution in [3.05, 3.63) is 57.3 Å². The Morgan fingerprint density at radius 1 is 0.759 bits per heavy atom. The van der Waals surface area contributed by atoms with Gasteiger partial charge in [0.1, 0.15) is 5.82 Å². The maximum Gasteiger partial charge on any atom is 0.435 e. The van der Waals surface area contributed by atoms with Crippen molar-refractivity contribution in [3.8, 4) is 11.1 Å². The summed E-state index contributed by atoms with van der Waals surface area (Å²) >= 11 is 2.62. The van der Waals surface area contributed by atoms with Crippen LogP contribution in [0.5, 0.6) is 0 Å². The molecule has 0 fully saturated rings. The van der Waals surface area contributed by atoms with Gasteiger partial charge in [0.25, 0.3) is 0 Å². The Morgan fingerprint density at radius 3 is 1.72 bits per heavy atom. The van der Waals surface area contributed by atoms with Gasteiger partial charge in [-0.1, -0.05) is 22.0 Å². The van der Waals surface area contributed by atoms with Crippen molar-refractivity contribution in [2.45, 2.75) is 31.1 Å². The van der Waals surface area contributed by atoms with Crippen molar-refractivity contribution in [2.75, 3.05) is 0 Å². The van der Waals surface area contributed by atoms with Gasteiger partial charge in [-0.2, -0.15) is 39.5 Å². The SMILES string of the molecule is Cc1cc(Br)c(-c2cc(C(F)(F)F)ccc2F)c(C(F)(C(F)(F)F)C(F)(F)F)c1. The molecule has 0 amide bonds. The highest BCUT2D eigenvalue weighted by Crippen LogP contribution is 2.56. The predicted molar refractivity (Wildman–Crippen MR) is 84.2 cm³/mol. The summed E-state index contributed by atoms with van der Waals surface area (Å²) in [5.74, 6) is -1.57. The van der Waals surface area contributed by atoms with Crippen LogP contribution in [0.2, 0.25) is 0 Å². The van der Waals surface area contributed by atoms with Gasteiger partial charge < -0.3 is 0 Å². The first kappa shape index (κ1) is 23.4. The Hall–Kier alpha value is -1.85. The van der Waals surface area contributed by atoms with E-state index in [1.54, 1.807) is 0 Å². The molecule has 2 aromatic rings. The Kier molecular flexibility index (Phi) is 5.76. The van der Waals surface area contributed by atoms with Crippen LogP contribution >= 0.6 is 15.9 Å². The van der Waals surface area contributed by atoms with Gasteiger partial charge in [0.05, 0.1) is 5.56 Å². The summed E-state index contributed by atoms with van der Waals surface area (Å²) in [6.45, 7) is 1.04. The van der Waals surface area contributed by atoms with Crippen LogP contribution < -0.4 is 0 Å². The van der Waals surface area contributed by atoms with E-state index in [-0.39, 0.29) is 29.8 Å². The quantitative estimate of drug-likeness (QED) is 0.368. The summed E-state index contributed by atoms with van der Waals surface area (Å²) < 4.78 is 146. The molecule has 29 heavy (non-hydrogen) atoms. The van der Waals surface area contributed by atoms with Crippen molar-refractivity contribution in [3.63, 3.8) is 0 Å². The van der Waals surface area contributed by atoms with Crippen LogP contribution in [0.4, 0.5) is 48.3 Å². The predicted octanol–water partition coefficient (Wildman–Crippen LogP) is 7.87. The number of alkyl halides is 10. The average Bonchev–Trinajstić information content (AvgIpc) is 2.51.